The lowest BCUT2D eigenvalue weighted by molar-refractivity contribution is -0.137. The number of amides is 2. The van der Waals surface area contributed by atoms with Crippen molar-refractivity contribution in [2.75, 3.05) is 19.6 Å². The predicted molar refractivity (Wildman–Crippen MR) is 111 cm³/mol. The van der Waals surface area contributed by atoms with Crippen molar-refractivity contribution in [3.8, 4) is 0 Å². The molecule has 0 N–H and O–H groups in total. The van der Waals surface area contributed by atoms with Crippen LogP contribution in [0.15, 0.2) is 23.2 Å². The Balaban J connectivity index is 1.73. The minimum absolute atomic E-state index is 0.0777. The third-order valence-corrected chi connectivity index (χ3v) is 6.51. The molecule has 1 saturated heterocycles. The fraction of sp³-hybridized carbons (Fsp3) is 0.636. The summed E-state index contributed by atoms with van der Waals surface area (Å²) in [4.78, 5) is 30.9. The number of hydrogen-bond acceptors (Lipinski definition) is 4. The van der Waals surface area contributed by atoms with E-state index in [0.717, 1.165) is 37.2 Å². The molecule has 1 atom stereocenters. The Morgan fingerprint density at radius 1 is 1.11 bits per heavy atom. The maximum Gasteiger partial charge on any atom is 0.277 e. The molecule has 2 aliphatic heterocycles. The van der Waals surface area contributed by atoms with Crippen LogP contribution >= 0.6 is 11.3 Å². The van der Waals surface area contributed by atoms with E-state index in [2.05, 4.69) is 18.7 Å². The molecule has 0 aromatic carbocycles. The van der Waals surface area contributed by atoms with Gasteiger partial charge in [-0.2, -0.15) is 0 Å². The molecule has 1 unspecified atom stereocenters. The van der Waals surface area contributed by atoms with Gasteiger partial charge in [0, 0.05) is 24.5 Å². The second-order valence-electron chi connectivity index (χ2n) is 7.92. The molecule has 2 amide bonds. The molecule has 27 heavy (non-hydrogen) atoms. The molecule has 5 heteroatoms. The lowest BCUT2D eigenvalue weighted by atomic mass is 9.99. The Morgan fingerprint density at radius 2 is 1.89 bits per heavy atom. The quantitative estimate of drug-likeness (QED) is 0.445. The van der Waals surface area contributed by atoms with Gasteiger partial charge in [-0.25, -0.2) is 0 Å². The Hall–Kier alpha value is -1.62. The Morgan fingerprint density at radius 3 is 2.59 bits per heavy atom. The first-order chi connectivity index (χ1) is 13.1. The van der Waals surface area contributed by atoms with Crippen LogP contribution in [0, 0.1) is 5.92 Å². The smallest absolute Gasteiger partial charge is 0.277 e. The summed E-state index contributed by atoms with van der Waals surface area (Å²) in [5.74, 6) is 0.390. The summed E-state index contributed by atoms with van der Waals surface area (Å²) in [6.07, 6.45) is 9.20. The Bertz CT molecular complexity index is 680. The average molecular weight is 389 g/mol. The van der Waals surface area contributed by atoms with Crippen LogP contribution in [0.5, 0.6) is 0 Å². The first-order valence-electron chi connectivity index (χ1n) is 10.5. The highest BCUT2D eigenvalue weighted by Crippen LogP contribution is 2.35. The van der Waals surface area contributed by atoms with Crippen molar-refractivity contribution in [3.05, 3.63) is 28.1 Å². The van der Waals surface area contributed by atoms with Crippen molar-refractivity contribution >= 4 is 28.7 Å². The van der Waals surface area contributed by atoms with E-state index in [1.807, 2.05) is 17.5 Å². The molecule has 0 radical (unpaired) electrons. The second-order valence-corrected chi connectivity index (χ2v) is 8.87. The van der Waals surface area contributed by atoms with Crippen molar-refractivity contribution in [1.29, 1.82) is 0 Å². The van der Waals surface area contributed by atoms with Gasteiger partial charge >= 0.3 is 0 Å². The number of thiophene rings is 1. The molecule has 3 heterocycles. The average Bonchev–Trinajstić information content (AvgIpc) is 3.26. The van der Waals surface area contributed by atoms with Gasteiger partial charge in [-0.1, -0.05) is 52.0 Å². The van der Waals surface area contributed by atoms with Gasteiger partial charge in [-0.3, -0.25) is 14.5 Å². The van der Waals surface area contributed by atoms with Gasteiger partial charge in [0.25, 0.3) is 11.8 Å². The van der Waals surface area contributed by atoms with E-state index in [1.165, 1.54) is 37.0 Å². The zero-order chi connectivity index (χ0) is 19.2. The summed E-state index contributed by atoms with van der Waals surface area (Å²) < 4.78 is 0. The van der Waals surface area contributed by atoms with E-state index in [9.17, 15) is 9.59 Å². The summed E-state index contributed by atoms with van der Waals surface area (Å²) in [5.41, 5.74) is 1.29. The Labute approximate surface area is 167 Å². The highest BCUT2D eigenvalue weighted by molar-refractivity contribution is 7.11. The number of rotatable bonds is 9. The molecule has 2 aliphatic rings. The number of nitrogens with zero attached hydrogens (tertiary/aromatic N) is 2. The number of imide groups is 1. The molecule has 4 nitrogen and oxygen atoms in total. The SMILES string of the molecule is CCCCCCCCN1C(=O)C(c2cccs2)=C(N2CCCC(C)C2)C1=O. The van der Waals surface area contributed by atoms with Gasteiger partial charge in [0.1, 0.15) is 5.70 Å². The van der Waals surface area contributed by atoms with Crippen molar-refractivity contribution in [1.82, 2.24) is 9.80 Å². The zero-order valence-electron chi connectivity index (χ0n) is 16.7. The fourth-order valence-corrected chi connectivity index (χ4v) is 4.91. The third kappa shape index (κ3) is 4.63. The van der Waals surface area contributed by atoms with Crippen LogP contribution in [0.1, 0.15) is 70.1 Å². The minimum atomic E-state index is -0.0933. The largest absolute Gasteiger partial charge is 0.366 e. The molecule has 1 aromatic rings. The lowest BCUT2D eigenvalue weighted by Gasteiger charge is -2.33. The third-order valence-electron chi connectivity index (χ3n) is 5.62. The second kappa shape index (κ2) is 9.54. The van der Waals surface area contributed by atoms with Crippen LogP contribution in [0.4, 0.5) is 0 Å². The van der Waals surface area contributed by atoms with E-state index in [1.54, 1.807) is 11.3 Å². The molecular formula is C22H32N2O2S. The number of carbonyl (C=O) groups excluding carboxylic acids is 2. The topological polar surface area (TPSA) is 40.6 Å². The zero-order valence-corrected chi connectivity index (χ0v) is 17.5. The van der Waals surface area contributed by atoms with Gasteiger partial charge in [-0.15, -0.1) is 11.3 Å². The van der Waals surface area contributed by atoms with Crippen LogP contribution in [0.25, 0.3) is 5.57 Å². The van der Waals surface area contributed by atoms with Crippen molar-refractivity contribution in [3.63, 3.8) is 0 Å². The molecule has 0 saturated carbocycles. The van der Waals surface area contributed by atoms with E-state index in [-0.39, 0.29) is 11.8 Å². The lowest BCUT2D eigenvalue weighted by Crippen LogP contribution is -2.39. The summed E-state index contributed by atoms with van der Waals surface area (Å²) >= 11 is 1.55. The van der Waals surface area contributed by atoms with Crippen LogP contribution in [0.2, 0.25) is 0 Å². The first-order valence-corrected chi connectivity index (χ1v) is 11.4. The number of likely N-dealkylation sites (tertiary alicyclic amines) is 1. The maximum atomic E-state index is 13.2. The summed E-state index contributed by atoms with van der Waals surface area (Å²) in [5, 5.41) is 1.98. The van der Waals surface area contributed by atoms with Gasteiger partial charge in [0.05, 0.1) is 5.57 Å². The summed E-state index contributed by atoms with van der Waals surface area (Å²) in [6.45, 7) is 6.73. The first kappa shape index (κ1) is 20.1. The van der Waals surface area contributed by atoms with Gasteiger partial charge in [0.15, 0.2) is 0 Å². The minimum Gasteiger partial charge on any atom is -0.366 e. The molecule has 0 bridgehead atoms. The van der Waals surface area contributed by atoms with E-state index < -0.39 is 0 Å². The Kier molecular flexibility index (Phi) is 7.11. The molecular weight excluding hydrogens is 356 g/mol. The molecule has 1 aromatic heterocycles. The van der Waals surface area contributed by atoms with Gasteiger partial charge < -0.3 is 4.90 Å². The summed E-state index contributed by atoms with van der Waals surface area (Å²) in [6, 6.07) is 3.92. The number of piperidine rings is 1. The highest BCUT2D eigenvalue weighted by Gasteiger charge is 2.42. The highest BCUT2D eigenvalue weighted by atomic mass is 32.1. The number of hydrogen-bond donors (Lipinski definition) is 0. The summed E-state index contributed by atoms with van der Waals surface area (Å²) in [7, 11) is 0. The van der Waals surface area contributed by atoms with Crippen LogP contribution in [0.3, 0.4) is 0 Å². The molecule has 0 aliphatic carbocycles. The van der Waals surface area contributed by atoms with Crippen molar-refractivity contribution in [2.45, 2.75) is 65.2 Å². The fourth-order valence-electron chi connectivity index (χ4n) is 4.15. The molecule has 3 rings (SSSR count). The van der Waals surface area contributed by atoms with Gasteiger partial charge in [0.2, 0.25) is 0 Å². The van der Waals surface area contributed by atoms with E-state index in [0.29, 0.717) is 23.7 Å². The molecule has 0 spiro atoms. The van der Waals surface area contributed by atoms with Crippen molar-refractivity contribution in [2.24, 2.45) is 5.92 Å². The van der Waals surface area contributed by atoms with Crippen molar-refractivity contribution < 1.29 is 9.59 Å². The normalized spacial score (nSPS) is 20.9. The predicted octanol–water partition coefficient (Wildman–Crippen LogP) is 4.92. The van der Waals surface area contributed by atoms with Crippen LogP contribution in [-0.2, 0) is 9.59 Å². The molecule has 1 fully saturated rings. The van der Waals surface area contributed by atoms with Gasteiger partial charge in [-0.05, 0) is 36.6 Å². The maximum absolute atomic E-state index is 13.2. The van der Waals surface area contributed by atoms with Crippen LogP contribution in [-0.4, -0.2) is 41.2 Å². The number of unbranched alkanes of at least 4 members (excludes halogenated alkanes) is 5. The monoisotopic (exact) mass is 388 g/mol. The van der Waals surface area contributed by atoms with Crippen LogP contribution < -0.4 is 0 Å². The standard InChI is InChI=1S/C22H32N2O2S/c1-3-4-5-6-7-8-14-24-21(25)19(18-12-10-15-27-18)20(22(24)26)23-13-9-11-17(2)16-23/h10,12,15,17H,3-9,11,13-14,16H2,1-2H3. The molecule has 148 valence electrons. The van der Waals surface area contributed by atoms with E-state index >= 15 is 0 Å². The number of carbonyl (C=O) groups is 2. The van der Waals surface area contributed by atoms with E-state index in [4.69, 9.17) is 0 Å².